The fraction of sp³-hybridized carbons (Fsp3) is 0.444. The third kappa shape index (κ3) is 4.35. The van der Waals surface area contributed by atoms with Crippen LogP contribution >= 0.6 is 0 Å². The first-order valence-electron chi connectivity index (χ1n) is 4.83. The van der Waals surface area contributed by atoms with Crippen molar-refractivity contribution < 1.29 is 13.3 Å². The smallest absolute Gasteiger partial charge is 0.290 e. The van der Waals surface area contributed by atoms with E-state index in [0.29, 0.717) is 11.5 Å². The fourth-order valence-corrected chi connectivity index (χ4v) is 1.68. The summed E-state index contributed by atoms with van der Waals surface area (Å²) in [6, 6.07) is 2.79. The second-order valence-corrected chi connectivity index (χ2v) is 5.87. The minimum absolute atomic E-state index is 0.00921. The minimum atomic E-state index is -3.02. The van der Waals surface area contributed by atoms with Gasteiger partial charge < -0.3 is 5.32 Å². The van der Waals surface area contributed by atoms with Gasteiger partial charge in [0.25, 0.3) is 5.69 Å². The van der Waals surface area contributed by atoms with Gasteiger partial charge in [-0.1, -0.05) is 0 Å². The number of hydrogen-bond acceptors (Lipinski definition) is 6. The highest BCUT2D eigenvalue weighted by atomic mass is 32.2. The molecule has 0 saturated heterocycles. The van der Waals surface area contributed by atoms with Crippen molar-refractivity contribution in [1.82, 2.24) is 4.98 Å². The third-order valence-electron chi connectivity index (χ3n) is 2.03. The minimum Gasteiger partial charge on any atom is -0.369 e. The molecule has 0 bridgehead atoms. The number of anilines is 1. The zero-order valence-electron chi connectivity index (χ0n) is 9.50. The maximum Gasteiger partial charge on any atom is 0.290 e. The molecule has 94 valence electrons. The molecule has 0 amide bonds. The molecule has 0 unspecified atom stereocenters. The number of nitro groups is 1. The summed E-state index contributed by atoms with van der Waals surface area (Å²) in [5.74, 6) is 0.418. The van der Waals surface area contributed by atoms with Crippen LogP contribution in [0, 0.1) is 17.0 Å². The van der Waals surface area contributed by atoms with Crippen LogP contribution < -0.4 is 5.32 Å². The first kappa shape index (κ1) is 13.4. The number of sulfone groups is 1. The molecule has 17 heavy (non-hydrogen) atoms. The van der Waals surface area contributed by atoms with E-state index >= 15 is 0 Å². The van der Waals surface area contributed by atoms with Crippen LogP contribution in [0.5, 0.6) is 0 Å². The molecule has 1 heterocycles. The Bertz CT molecular complexity index is 527. The topological polar surface area (TPSA) is 102 Å². The Labute approximate surface area is 98.9 Å². The molecular weight excluding hydrogens is 246 g/mol. The molecule has 0 atom stereocenters. The summed E-state index contributed by atoms with van der Waals surface area (Å²) in [5.41, 5.74) is 0.234. The van der Waals surface area contributed by atoms with Crippen molar-refractivity contribution in [2.75, 3.05) is 23.9 Å². The van der Waals surface area contributed by atoms with Crippen molar-refractivity contribution in [3.63, 3.8) is 0 Å². The van der Waals surface area contributed by atoms with Gasteiger partial charge in [0.1, 0.15) is 21.3 Å². The zero-order valence-corrected chi connectivity index (χ0v) is 10.3. The zero-order chi connectivity index (χ0) is 13.1. The first-order valence-corrected chi connectivity index (χ1v) is 6.89. The molecule has 1 rings (SSSR count). The van der Waals surface area contributed by atoms with Gasteiger partial charge in [0.2, 0.25) is 0 Å². The molecule has 1 aromatic heterocycles. The average molecular weight is 259 g/mol. The summed E-state index contributed by atoms with van der Waals surface area (Å²) in [7, 11) is -3.02. The third-order valence-corrected chi connectivity index (χ3v) is 2.98. The van der Waals surface area contributed by atoms with E-state index in [-0.39, 0.29) is 18.0 Å². The summed E-state index contributed by atoms with van der Waals surface area (Å²) in [6.45, 7) is 1.75. The lowest BCUT2D eigenvalue weighted by Crippen LogP contribution is -2.15. The Morgan fingerprint density at radius 2 is 2.12 bits per heavy atom. The van der Waals surface area contributed by atoms with Gasteiger partial charge in [-0.05, 0) is 13.0 Å². The Morgan fingerprint density at radius 3 is 2.59 bits per heavy atom. The van der Waals surface area contributed by atoms with Crippen LogP contribution in [0.1, 0.15) is 5.69 Å². The van der Waals surface area contributed by atoms with Crippen LogP contribution in [0.25, 0.3) is 0 Å². The largest absolute Gasteiger partial charge is 0.369 e. The van der Waals surface area contributed by atoms with Crippen LogP contribution in [0.2, 0.25) is 0 Å². The lowest BCUT2D eigenvalue weighted by atomic mass is 10.3. The molecule has 0 aromatic carbocycles. The van der Waals surface area contributed by atoms with Gasteiger partial charge in [-0.2, -0.15) is 0 Å². The van der Waals surface area contributed by atoms with E-state index in [1.54, 1.807) is 0 Å². The second-order valence-electron chi connectivity index (χ2n) is 3.61. The Kier molecular flexibility index (Phi) is 4.00. The van der Waals surface area contributed by atoms with Crippen molar-refractivity contribution in [1.29, 1.82) is 0 Å². The van der Waals surface area contributed by atoms with Gasteiger partial charge in [0, 0.05) is 18.9 Å². The van der Waals surface area contributed by atoms with Crippen LogP contribution in [0.15, 0.2) is 12.1 Å². The molecular formula is C9H13N3O4S. The highest BCUT2D eigenvalue weighted by molar-refractivity contribution is 7.90. The van der Waals surface area contributed by atoms with E-state index in [0.717, 1.165) is 6.26 Å². The van der Waals surface area contributed by atoms with Gasteiger partial charge in [0.05, 0.1) is 10.7 Å². The maximum atomic E-state index is 10.9. The number of aryl methyl sites for hydroxylation is 1. The van der Waals surface area contributed by atoms with E-state index < -0.39 is 14.8 Å². The number of nitrogens with zero attached hydrogens (tertiary/aromatic N) is 2. The Balaban J connectivity index is 2.68. The fourth-order valence-electron chi connectivity index (χ4n) is 1.21. The molecule has 0 aliphatic heterocycles. The molecule has 0 saturated carbocycles. The maximum absolute atomic E-state index is 10.9. The monoisotopic (exact) mass is 259 g/mol. The van der Waals surface area contributed by atoms with Crippen LogP contribution in [-0.4, -0.2) is 36.9 Å². The van der Waals surface area contributed by atoms with Crippen molar-refractivity contribution in [2.24, 2.45) is 0 Å². The number of nitrogens with one attached hydrogen (secondary N) is 1. The lowest BCUT2D eigenvalue weighted by Gasteiger charge is -2.05. The van der Waals surface area contributed by atoms with Gasteiger partial charge in [-0.25, -0.2) is 13.4 Å². The van der Waals surface area contributed by atoms with Crippen molar-refractivity contribution in [3.05, 3.63) is 27.9 Å². The summed E-state index contributed by atoms with van der Waals surface area (Å²) >= 11 is 0. The predicted molar refractivity (Wildman–Crippen MR) is 63.8 cm³/mol. The molecule has 0 fully saturated rings. The summed E-state index contributed by atoms with van der Waals surface area (Å²) in [4.78, 5) is 14.0. The SMILES string of the molecule is Cc1nc(NCCS(C)(=O)=O)ccc1[N+](=O)[O-]. The molecule has 0 spiro atoms. The standard InChI is InChI=1S/C9H13N3O4S/c1-7-8(12(13)14)3-4-9(11-7)10-5-6-17(2,15)16/h3-4H,5-6H2,1-2H3,(H,10,11). The molecule has 1 aromatic rings. The van der Waals surface area contributed by atoms with Gasteiger partial charge in [0.15, 0.2) is 0 Å². The van der Waals surface area contributed by atoms with E-state index in [9.17, 15) is 18.5 Å². The Morgan fingerprint density at radius 1 is 1.47 bits per heavy atom. The summed E-state index contributed by atoms with van der Waals surface area (Å²) in [5, 5.41) is 13.3. The number of hydrogen-bond donors (Lipinski definition) is 1. The summed E-state index contributed by atoms with van der Waals surface area (Å²) < 4.78 is 21.8. The van der Waals surface area contributed by atoms with E-state index in [4.69, 9.17) is 0 Å². The number of aromatic nitrogens is 1. The molecule has 0 aliphatic carbocycles. The first-order chi connectivity index (χ1) is 7.79. The van der Waals surface area contributed by atoms with Crippen molar-refractivity contribution in [2.45, 2.75) is 6.92 Å². The molecule has 7 nitrogen and oxygen atoms in total. The molecule has 1 N–H and O–H groups in total. The highest BCUT2D eigenvalue weighted by Crippen LogP contribution is 2.17. The van der Waals surface area contributed by atoms with E-state index in [2.05, 4.69) is 10.3 Å². The second kappa shape index (κ2) is 5.09. The Hall–Kier alpha value is -1.70. The van der Waals surface area contributed by atoms with Crippen LogP contribution in [0.3, 0.4) is 0 Å². The lowest BCUT2D eigenvalue weighted by molar-refractivity contribution is -0.385. The highest BCUT2D eigenvalue weighted by Gasteiger charge is 2.11. The quantitative estimate of drug-likeness (QED) is 0.618. The van der Waals surface area contributed by atoms with Crippen molar-refractivity contribution >= 4 is 21.3 Å². The normalized spacial score (nSPS) is 11.2. The van der Waals surface area contributed by atoms with E-state index in [1.165, 1.54) is 19.1 Å². The van der Waals surface area contributed by atoms with Crippen LogP contribution in [-0.2, 0) is 9.84 Å². The van der Waals surface area contributed by atoms with Gasteiger partial charge in [-0.15, -0.1) is 0 Å². The molecule has 0 radical (unpaired) electrons. The van der Waals surface area contributed by atoms with Crippen LogP contribution in [0.4, 0.5) is 11.5 Å². The number of pyridine rings is 1. The van der Waals surface area contributed by atoms with Gasteiger partial charge >= 0.3 is 0 Å². The summed E-state index contributed by atoms with van der Waals surface area (Å²) in [6.07, 6.45) is 1.14. The predicted octanol–water partition coefficient (Wildman–Crippen LogP) is 0.755. The van der Waals surface area contributed by atoms with Crippen molar-refractivity contribution in [3.8, 4) is 0 Å². The molecule has 8 heteroatoms. The van der Waals surface area contributed by atoms with Gasteiger partial charge in [-0.3, -0.25) is 10.1 Å². The van der Waals surface area contributed by atoms with E-state index in [1.807, 2.05) is 0 Å². The molecule has 0 aliphatic rings. The average Bonchev–Trinajstić information content (AvgIpc) is 2.15. The number of rotatable bonds is 5.